The van der Waals surface area contributed by atoms with E-state index in [1.807, 2.05) is 53.4 Å². The van der Waals surface area contributed by atoms with Crippen LogP contribution < -0.4 is 5.73 Å². The van der Waals surface area contributed by atoms with Crippen LogP contribution in [0.5, 0.6) is 0 Å². The van der Waals surface area contributed by atoms with E-state index in [9.17, 15) is 4.79 Å². The van der Waals surface area contributed by atoms with Gasteiger partial charge in [0.15, 0.2) is 0 Å². The van der Waals surface area contributed by atoms with E-state index in [0.29, 0.717) is 13.1 Å². The molecule has 3 atom stereocenters. The summed E-state index contributed by atoms with van der Waals surface area (Å²) in [6.07, 6.45) is 0. The van der Waals surface area contributed by atoms with Crippen molar-refractivity contribution in [2.45, 2.75) is 31.8 Å². The highest BCUT2D eigenvalue weighted by molar-refractivity contribution is 5.85. The number of nitrogens with two attached hydrogens (primary N) is 1. The number of likely N-dealkylation sites (N-methyl/N-ethyl adjacent to an activating group) is 1. The van der Waals surface area contributed by atoms with Crippen LogP contribution in [-0.2, 0) is 4.79 Å². The lowest BCUT2D eigenvalue weighted by Crippen LogP contribution is -2.43. The van der Waals surface area contributed by atoms with Crippen molar-refractivity contribution < 1.29 is 4.79 Å². The maximum absolute atomic E-state index is 13.5. The van der Waals surface area contributed by atoms with Crippen LogP contribution in [0.25, 0.3) is 0 Å². The topological polar surface area (TPSA) is 49.6 Å². The fourth-order valence-electron chi connectivity index (χ4n) is 3.97. The lowest BCUT2D eigenvalue weighted by Gasteiger charge is -2.32. The largest absolute Gasteiger partial charge is 0.339 e. The first-order valence-corrected chi connectivity index (χ1v) is 9.54. The van der Waals surface area contributed by atoms with Gasteiger partial charge in [0.2, 0.25) is 5.91 Å². The maximum atomic E-state index is 13.5. The molecule has 2 N–H and O–H groups in total. The summed E-state index contributed by atoms with van der Waals surface area (Å²) in [5, 5.41) is 0. The molecule has 0 spiro atoms. The minimum absolute atomic E-state index is 0. The molecule has 0 aliphatic carbocycles. The van der Waals surface area contributed by atoms with Crippen LogP contribution in [0.3, 0.4) is 0 Å². The summed E-state index contributed by atoms with van der Waals surface area (Å²) in [6, 6.07) is 20.1. The Kier molecular flexibility index (Phi) is 9.97. The van der Waals surface area contributed by atoms with Crippen molar-refractivity contribution in [3.05, 3.63) is 71.8 Å². The number of amides is 1. The van der Waals surface area contributed by atoms with Gasteiger partial charge in [-0.05, 0) is 24.2 Å². The second-order valence-corrected chi connectivity index (χ2v) is 6.96. The molecule has 1 heterocycles. The van der Waals surface area contributed by atoms with Crippen molar-refractivity contribution in [1.29, 1.82) is 0 Å². The minimum Gasteiger partial charge on any atom is -0.339 e. The average Bonchev–Trinajstić information content (AvgIpc) is 3.08. The van der Waals surface area contributed by atoms with E-state index < -0.39 is 0 Å². The molecule has 28 heavy (non-hydrogen) atoms. The van der Waals surface area contributed by atoms with Crippen LogP contribution in [0, 0.1) is 0 Å². The first kappa shape index (κ1) is 24.4. The number of hydrogen-bond acceptors (Lipinski definition) is 3. The van der Waals surface area contributed by atoms with Crippen LogP contribution in [0.15, 0.2) is 60.7 Å². The second kappa shape index (κ2) is 11.4. The van der Waals surface area contributed by atoms with E-state index in [1.54, 1.807) is 0 Å². The summed E-state index contributed by atoms with van der Waals surface area (Å²) >= 11 is 0. The normalized spacial score (nSPS) is 19.6. The molecule has 0 saturated carbocycles. The number of rotatable bonds is 6. The summed E-state index contributed by atoms with van der Waals surface area (Å²) in [7, 11) is 0. The lowest BCUT2D eigenvalue weighted by atomic mass is 9.95. The molecule has 0 aromatic heterocycles. The summed E-state index contributed by atoms with van der Waals surface area (Å²) in [5.41, 5.74) is 8.68. The van der Waals surface area contributed by atoms with Crippen LogP contribution in [0.1, 0.15) is 36.9 Å². The standard InChI is InChI=1S/C22H29N3O.2ClH/c1-3-24(4-2)21(18-13-9-6-10-14-18)22(26)25-15-19(20(23)16-25)17-11-7-5-8-12-17;;/h5-14,19-21H,3-4,15-16,23H2,1-2H3;2*1H/t19-,20+,21?;;/m0../s1. The first-order valence-electron chi connectivity index (χ1n) is 9.54. The molecule has 3 rings (SSSR count). The molecule has 154 valence electrons. The highest BCUT2D eigenvalue weighted by atomic mass is 35.5. The molecule has 1 amide bonds. The van der Waals surface area contributed by atoms with Crippen molar-refractivity contribution in [2.24, 2.45) is 5.73 Å². The summed E-state index contributed by atoms with van der Waals surface area (Å²) in [5.74, 6) is 0.363. The van der Waals surface area contributed by atoms with Gasteiger partial charge in [-0.15, -0.1) is 24.8 Å². The van der Waals surface area contributed by atoms with Gasteiger partial charge in [0.25, 0.3) is 0 Å². The third-order valence-electron chi connectivity index (χ3n) is 5.43. The van der Waals surface area contributed by atoms with Crippen molar-refractivity contribution >= 4 is 30.7 Å². The fraction of sp³-hybridized carbons (Fsp3) is 0.409. The quantitative estimate of drug-likeness (QED) is 0.766. The number of carbonyl (C=O) groups excluding carboxylic acids is 1. The van der Waals surface area contributed by atoms with E-state index >= 15 is 0 Å². The predicted octanol–water partition coefficient (Wildman–Crippen LogP) is 3.87. The van der Waals surface area contributed by atoms with Gasteiger partial charge in [0.05, 0.1) is 0 Å². The Balaban J connectivity index is 0.00000196. The average molecular weight is 424 g/mol. The number of benzene rings is 2. The fourth-order valence-corrected chi connectivity index (χ4v) is 3.97. The van der Waals surface area contributed by atoms with E-state index in [2.05, 4.69) is 30.9 Å². The Bertz CT molecular complexity index is 710. The minimum atomic E-state index is -0.243. The molecular formula is C22H31Cl2N3O. The molecule has 1 aliphatic rings. The molecule has 1 fully saturated rings. The monoisotopic (exact) mass is 423 g/mol. The van der Waals surface area contributed by atoms with E-state index in [4.69, 9.17) is 5.73 Å². The number of nitrogens with zero attached hydrogens (tertiary/aromatic N) is 2. The van der Waals surface area contributed by atoms with Gasteiger partial charge in [0, 0.05) is 25.0 Å². The molecule has 0 bridgehead atoms. The van der Waals surface area contributed by atoms with E-state index in [1.165, 1.54) is 5.56 Å². The summed E-state index contributed by atoms with van der Waals surface area (Å²) in [4.78, 5) is 17.6. The molecule has 6 heteroatoms. The Labute approximate surface area is 180 Å². The second-order valence-electron chi connectivity index (χ2n) is 6.96. The Morgan fingerprint density at radius 2 is 1.54 bits per heavy atom. The van der Waals surface area contributed by atoms with E-state index in [-0.39, 0.29) is 48.7 Å². The zero-order valence-corrected chi connectivity index (χ0v) is 18.2. The molecule has 1 saturated heterocycles. The molecule has 2 aromatic rings. The number of halogens is 2. The zero-order valence-electron chi connectivity index (χ0n) is 16.5. The van der Waals surface area contributed by atoms with Crippen molar-refractivity contribution in [3.8, 4) is 0 Å². The van der Waals surface area contributed by atoms with Crippen LogP contribution in [0.2, 0.25) is 0 Å². The Hall–Kier alpha value is -1.59. The Morgan fingerprint density at radius 1 is 1.00 bits per heavy atom. The molecule has 2 aromatic carbocycles. The van der Waals surface area contributed by atoms with Gasteiger partial charge >= 0.3 is 0 Å². The third kappa shape index (κ3) is 5.26. The lowest BCUT2D eigenvalue weighted by molar-refractivity contribution is -0.136. The van der Waals surface area contributed by atoms with E-state index in [0.717, 1.165) is 18.7 Å². The predicted molar refractivity (Wildman–Crippen MR) is 120 cm³/mol. The molecule has 0 radical (unpaired) electrons. The number of hydrogen-bond donors (Lipinski definition) is 1. The van der Waals surface area contributed by atoms with Crippen molar-refractivity contribution in [1.82, 2.24) is 9.80 Å². The van der Waals surface area contributed by atoms with Gasteiger partial charge in [-0.1, -0.05) is 74.5 Å². The van der Waals surface area contributed by atoms with Crippen LogP contribution >= 0.6 is 24.8 Å². The summed E-state index contributed by atoms with van der Waals surface area (Å²) in [6.45, 7) is 7.19. The van der Waals surface area contributed by atoms with Crippen molar-refractivity contribution in [2.75, 3.05) is 26.2 Å². The zero-order chi connectivity index (χ0) is 18.5. The summed E-state index contributed by atoms with van der Waals surface area (Å²) < 4.78 is 0. The number of carbonyl (C=O) groups is 1. The Morgan fingerprint density at radius 3 is 2.07 bits per heavy atom. The highest BCUT2D eigenvalue weighted by Gasteiger charge is 2.38. The highest BCUT2D eigenvalue weighted by Crippen LogP contribution is 2.30. The van der Waals surface area contributed by atoms with Crippen molar-refractivity contribution in [3.63, 3.8) is 0 Å². The third-order valence-corrected chi connectivity index (χ3v) is 5.43. The van der Waals surface area contributed by atoms with Gasteiger partial charge < -0.3 is 10.6 Å². The van der Waals surface area contributed by atoms with Gasteiger partial charge in [-0.25, -0.2) is 0 Å². The van der Waals surface area contributed by atoms with Gasteiger partial charge in [0.1, 0.15) is 6.04 Å². The van der Waals surface area contributed by atoms with Crippen LogP contribution in [0.4, 0.5) is 0 Å². The van der Waals surface area contributed by atoms with Gasteiger partial charge in [-0.3, -0.25) is 9.69 Å². The first-order chi connectivity index (χ1) is 12.7. The van der Waals surface area contributed by atoms with Crippen LogP contribution in [-0.4, -0.2) is 47.9 Å². The molecule has 4 nitrogen and oxygen atoms in total. The molecule has 1 aliphatic heterocycles. The molecular weight excluding hydrogens is 393 g/mol. The number of likely N-dealkylation sites (tertiary alicyclic amines) is 1. The molecule has 1 unspecified atom stereocenters. The maximum Gasteiger partial charge on any atom is 0.244 e. The van der Waals surface area contributed by atoms with Gasteiger partial charge in [-0.2, -0.15) is 0 Å². The SMILES string of the molecule is CCN(CC)C(C(=O)N1C[C@@H](N)[C@H](c2ccccc2)C1)c1ccccc1.Cl.Cl. The smallest absolute Gasteiger partial charge is 0.244 e.